The predicted molar refractivity (Wildman–Crippen MR) is 85.5 cm³/mol. The van der Waals surface area contributed by atoms with Crippen LogP contribution in [-0.4, -0.2) is 12.6 Å². The third-order valence-corrected chi connectivity index (χ3v) is 3.69. The van der Waals surface area contributed by atoms with Crippen molar-refractivity contribution in [2.24, 2.45) is 5.84 Å². The van der Waals surface area contributed by atoms with Gasteiger partial charge in [-0.1, -0.05) is 40.2 Å². The molecule has 5 heteroatoms. The normalized spacial score (nSPS) is 12.1. The van der Waals surface area contributed by atoms with E-state index in [9.17, 15) is 4.39 Å². The summed E-state index contributed by atoms with van der Waals surface area (Å²) in [6, 6.07) is 14.6. The van der Waals surface area contributed by atoms with Gasteiger partial charge in [0, 0.05) is 10.5 Å². The lowest BCUT2D eigenvalue weighted by molar-refractivity contribution is 0.284. The number of nitrogens with two attached hydrogens (primary N) is 1. The van der Waals surface area contributed by atoms with Gasteiger partial charge in [0.15, 0.2) is 0 Å². The minimum Gasteiger partial charge on any atom is -0.494 e. The lowest BCUT2D eigenvalue weighted by atomic mass is 10.0. The molecule has 0 radical (unpaired) electrons. The van der Waals surface area contributed by atoms with Gasteiger partial charge in [-0.3, -0.25) is 11.3 Å². The van der Waals surface area contributed by atoms with Crippen LogP contribution < -0.4 is 16.0 Å². The summed E-state index contributed by atoms with van der Waals surface area (Å²) < 4.78 is 20.2. The first kappa shape index (κ1) is 15.9. The second-order valence-electron chi connectivity index (χ2n) is 4.75. The van der Waals surface area contributed by atoms with Crippen LogP contribution in [0, 0.1) is 5.82 Å². The van der Waals surface area contributed by atoms with Crippen LogP contribution >= 0.6 is 15.9 Å². The Morgan fingerprint density at radius 2 is 1.95 bits per heavy atom. The molecule has 0 amide bonds. The highest BCUT2D eigenvalue weighted by atomic mass is 79.9. The van der Waals surface area contributed by atoms with Crippen LogP contribution in [0.2, 0.25) is 0 Å². The highest BCUT2D eigenvalue weighted by molar-refractivity contribution is 9.10. The molecule has 2 rings (SSSR count). The Labute approximate surface area is 132 Å². The molecule has 3 N–H and O–H groups in total. The zero-order valence-corrected chi connectivity index (χ0v) is 13.1. The van der Waals surface area contributed by atoms with E-state index in [0.29, 0.717) is 25.0 Å². The van der Waals surface area contributed by atoms with Gasteiger partial charge >= 0.3 is 0 Å². The number of hydrogen-bond acceptors (Lipinski definition) is 3. The van der Waals surface area contributed by atoms with E-state index < -0.39 is 0 Å². The van der Waals surface area contributed by atoms with Gasteiger partial charge in [0.1, 0.15) is 11.6 Å². The number of rotatable bonds is 7. The summed E-state index contributed by atoms with van der Waals surface area (Å²) in [5, 5.41) is 0. The molecule has 21 heavy (non-hydrogen) atoms. The molecular formula is C16H18BrFN2O. The van der Waals surface area contributed by atoms with Gasteiger partial charge in [0.2, 0.25) is 0 Å². The molecule has 0 bridgehead atoms. The van der Waals surface area contributed by atoms with Crippen LogP contribution in [0.25, 0.3) is 0 Å². The van der Waals surface area contributed by atoms with Gasteiger partial charge < -0.3 is 4.74 Å². The number of hydrazine groups is 1. The van der Waals surface area contributed by atoms with E-state index >= 15 is 0 Å². The van der Waals surface area contributed by atoms with E-state index in [1.165, 1.54) is 6.07 Å². The van der Waals surface area contributed by atoms with Crippen molar-refractivity contribution in [1.29, 1.82) is 0 Å². The zero-order valence-electron chi connectivity index (χ0n) is 11.6. The second-order valence-corrected chi connectivity index (χ2v) is 5.67. The standard InChI is InChI=1S/C16H18BrFN2O/c17-13-7-6-12(16(18)11-13)10-14(20-19)8-9-21-15-4-2-1-3-5-15/h1-7,11,14,20H,8-10,19H2. The summed E-state index contributed by atoms with van der Waals surface area (Å²) in [5.74, 6) is 6.14. The largest absolute Gasteiger partial charge is 0.494 e. The van der Waals surface area contributed by atoms with E-state index in [1.807, 2.05) is 36.4 Å². The Balaban J connectivity index is 1.85. The van der Waals surface area contributed by atoms with Crippen LogP contribution in [0.5, 0.6) is 5.75 Å². The maximum Gasteiger partial charge on any atom is 0.127 e. The molecule has 0 aliphatic carbocycles. The van der Waals surface area contributed by atoms with E-state index in [2.05, 4.69) is 21.4 Å². The summed E-state index contributed by atoms with van der Waals surface area (Å²) in [5.41, 5.74) is 3.36. The fourth-order valence-electron chi connectivity index (χ4n) is 2.03. The van der Waals surface area contributed by atoms with Crippen molar-refractivity contribution in [3.05, 3.63) is 64.4 Å². The molecule has 0 aliphatic rings. The minimum atomic E-state index is -0.228. The van der Waals surface area contributed by atoms with Crippen molar-refractivity contribution in [2.45, 2.75) is 18.9 Å². The van der Waals surface area contributed by atoms with Crippen molar-refractivity contribution in [3.8, 4) is 5.75 Å². The lowest BCUT2D eigenvalue weighted by Crippen LogP contribution is -2.38. The van der Waals surface area contributed by atoms with E-state index in [4.69, 9.17) is 10.6 Å². The second kappa shape index (κ2) is 8.12. The van der Waals surface area contributed by atoms with Crippen LogP contribution in [0.3, 0.4) is 0 Å². The van der Waals surface area contributed by atoms with E-state index in [-0.39, 0.29) is 11.9 Å². The third-order valence-electron chi connectivity index (χ3n) is 3.20. The number of halogens is 2. The third kappa shape index (κ3) is 5.12. The van der Waals surface area contributed by atoms with Crippen molar-refractivity contribution in [2.75, 3.05) is 6.61 Å². The average Bonchev–Trinajstić information content (AvgIpc) is 2.49. The van der Waals surface area contributed by atoms with Gasteiger partial charge in [0.05, 0.1) is 6.61 Å². The SMILES string of the molecule is NNC(CCOc1ccccc1)Cc1ccc(Br)cc1F. The molecule has 0 aliphatic heterocycles. The van der Waals surface area contributed by atoms with Crippen molar-refractivity contribution < 1.29 is 9.13 Å². The predicted octanol–water partition coefficient (Wildman–Crippen LogP) is 3.43. The minimum absolute atomic E-state index is 0.0376. The Morgan fingerprint density at radius 3 is 2.62 bits per heavy atom. The molecule has 0 fully saturated rings. The lowest BCUT2D eigenvalue weighted by Gasteiger charge is -2.17. The monoisotopic (exact) mass is 352 g/mol. The van der Waals surface area contributed by atoms with Gasteiger partial charge in [-0.05, 0) is 42.7 Å². The van der Waals surface area contributed by atoms with Crippen LogP contribution in [0.4, 0.5) is 4.39 Å². The molecule has 2 aromatic carbocycles. The first-order valence-electron chi connectivity index (χ1n) is 6.77. The van der Waals surface area contributed by atoms with Gasteiger partial charge in [-0.25, -0.2) is 4.39 Å². The quantitative estimate of drug-likeness (QED) is 0.592. The molecule has 0 saturated carbocycles. The maximum atomic E-state index is 13.8. The zero-order chi connectivity index (χ0) is 15.1. The summed E-state index contributed by atoms with van der Waals surface area (Å²) in [7, 11) is 0. The molecule has 0 heterocycles. The topological polar surface area (TPSA) is 47.3 Å². The summed E-state index contributed by atoms with van der Waals surface area (Å²) in [4.78, 5) is 0. The molecule has 1 unspecified atom stereocenters. The smallest absolute Gasteiger partial charge is 0.127 e. The summed E-state index contributed by atoms with van der Waals surface area (Å²) in [6.45, 7) is 0.525. The van der Waals surface area contributed by atoms with Crippen molar-refractivity contribution in [1.82, 2.24) is 5.43 Å². The van der Waals surface area contributed by atoms with Crippen LogP contribution in [-0.2, 0) is 6.42 Å². The number of para-hydroxylation sites is 1. The molecule has 0 spiro atoms. The van der Waals surface area contributed by atoms with Crippen molar-refractivity contribution in [3.63, 3.8) is 0 Å². The molecule has 0 aromatic heterocycles. The van der Waals surface area contributed by atoms with Gasteiger partial charge in [-0.2, -0.15) is 0 Å². The molecule has 112 valence electrons. The molecular weight excluding hydrogens is 335 g/mol. The highest BCUT2D eigenvalue weighted by Gasteiger charge is 2.11. The Hall–Kier alpha value is -1.43. The number of hydrogen-bond donors (Lipinski definition) is 2. The number of ether oxygens (including phenoxy) is 1. The molecule has 0 saturated heterocycles. The number of nitrogens with one attached hydrogen (secondary N) is 1. The van der Waals surface area contributed by atoms with Crippen LogP contribution in [0.1, 0.15) is 12.0 Å². The first-order valence-corrected chi connectivity index (χ1v) is 7.56. The van der Waals surface area contributed by atoms with Gasteiger partial charge in [-0.15, -0.1) is 0 Å². The van der Waals surface area contributed by atoms with Gasteiger partial charge in [0.25, 0.3) is 0 Å². The molecule has 3 nitrogen and oxygen atoms in total. The van der Waals surface area contributed by atoms with E-state index in [1.54, 1.807) is 6.07 Å². The maximum absolute atomic E-state index is 13.8. The Morgan fingerprint density at radius 1 is 1.19 bits per heavy atom. The number of benzene rings is 2. The Bertz CT molecular complexity index is 565. The molecule has 2 aromatic rings. The van der Waals surface area contributed by atoms with Crippen LogP contribution in [0.15, 0.2) is 53.0 Å². The Kier molecular flexibility index (Phi) is 6.17. The highest BCUT2D eigenvalue weighted by Crippen LogP contribution is 2.17. The summed E-state index contributed by atoms with van der Waals surface area (Å²) in [6.07, 6.45) is 1.22. The fraction of sp³-hybridized carbons (Fsp3) is 0.250. The van der Waals surface area contributed by atoms with E-state index in [0.717, 1.165) is 10.2 Å². The fourth-order valence-corrected chi connectivity index (χ4v) is 2.37. The average molecular weight is 353 g/mol. The molecule has 1 atom stereocenters. The first-order chi connectivity index (χ1) is 10.2. The summed E-state index contributed by atoms with van der Waals surface area (Å²) >= 11 is 3.25. The van der Waals surface area contributed by atoms with Crippen molar-refractivity contribution >= 4 is 15.9 Å².